The molecule has 0 radical (unpaired) electrons. The van der Waals surface area contributed by atoms with Crippen molar-refractivity contribution in [3.8, 4) is 5.75 Å². The highest BCUT2D eigenvalue weighted by molar-refractivity contribution is 5.85. The van der Waals surface area contributed by atoms with Crippen LogP contribution in [0.1, 0.15) is 36.7 Å². The second-order valence-corrected chi connectivity index (χ2v) is 8.12. The van der Waals surface area contributed by atoms with Gasteiger partial charge in [-0.25, -0.2) is 15.4 Å². The zero-order chi connectivity index (χ0) is 23.0. The van der Waals surface area contributed by atoms with E-state index in [0.29, 0.717) is 11.4 Å². The van der Waals surface area contributed by atoms with Gasteiger partial charge in [0.05, 0.1) is 18.8 Å². The molecule has 1 fully saturated rings. The van der Waals surface area contributed by atoms with Crippen LogP contribution in [-0.4, -0.2) is 52.4 Å². The lowest BCUT2D eigenvalue weighted by atomic mass is 10.2. The smallest absolute Gasteiger partial charge is 0.242 e. The van der Waals surface area contributed by atoms with Gasteiger partial charge >= 0.3 is 0 Å². The topological polar surface area (TPSA) is 100 Å². The molecule has 1 aliphatic heterocycles. The fraction of sp³-hybridized carbons (Fsp3) is 0.375. The number of fused-ring (bicyclic) bond motifs is 1. The molecule has 0 saturated carbocycles. The molecule has 4 rings (SSSR count). The number of hydrogen-bond donors (Lipinski definition) is 3. The maximum atomic E-state index is 12.6. The molecule has 174 valence electrons. The molecule has 3 N–H and O–H groups in total. The Morgan fingerprint density at radius 3 is 2.61 bits per heavy atom. The number of aromatic nitrogens is 2. The van der Waals surface area contributed by atoms with Crippen molar-refractivity contribution < 1.29 is 14.3 Å². The van der Waals surface area contributed by atoms with Gasteiger partial charge in [0.2, 0.25) is 11.8 Å². The number of hydrogen-bond acceptors (Lipinski definition) is 6. The van der Waals surface area contributed by atoms with Gasteiger partial charge in [-0.1, -0.05) is 36.8 Å². The zero-order valence-corrected chi connectivity index (χ0v) is 18.8. The molecule has 3 aromatic rings. The van der Waals surface area contributed by atoms with E-state index in [9.17, 15) is 9.59 Å². The largest absolute Gasteiger partial charge is 0.462 e. The van der Waals surface area contributed by atoms with Crippen LogP contribution in [0.15, 0.2) is 54.9 Å². The quantitative estimate of drug-likeness (QED) is 0.431. The number of ether oxygens (including phenoxy) is 1. The lowest BCUT2D eigenvalue weighted by molar-refractivity contribution is -0.127. The standard InChI is InChI=1S/C24H30N6O3/c1-18-17-29-12-8-11-20(23(29)27-18)33-24(19-9-4-2-5-10-19)28-22(32)15-25-21(31)16-26-30-13-6-3-7-14-30/h2,4-5,8-12,17,24,26H,3,6-7,13-16H2,1H3,(H,25,31)(H,28,32). The number of carbonyl (C=O) groups excluding carboxylic acids is 2. The first-order chi connectivity index (χ1) is 16.1. The van der Waals surface area contributed by atoms with E-state index >= 15 is 0 Å². The van der Waals surface area contributed by atoms with Crippen LogP contribution in [0.2, 0.25) is 0 Å². The van der Waals surface area contributed by atoms with Crippen LogP contribution in [0, 0.1) is 6.92 Å². The average molecular weight is 451 g/mol. The summed E-state index contributed by atoms with van der Waals surface area (Å²) in [7, 11) is 0. The Morgan fingerprint density at radius 2 is 1.82 bits per heavy atom. The number of amides is 2. The number of nitrogens with zero attached hydrogens (tertiary/aromatic N) is 3. The third kappa shape index (κ3) is 6.30. The Morgan fingerprint density at radius 1 is 1.03 bits per heavy atom. The maximum Gasteiger partial charge on any atom is 0.242 e. The zero-order valence-electron chi connectivity index (χ0n) is 18.8. The van der Waals surface area contributed by atoms with Gasteiger partial charge in [0.25, 0.3) is 0 Å². The minimum Gasteiger partial charge on any atom is -0.462 e. The Hall–Kier alpha value is -3.43. The van der Waals surface area contributed by atoms with Crippen molar-refractivity contribution in [3.05, 3.63) is 66.1 Å². The monoisotopic (exact) mass is 450 g/mol. The van der Waals surface area contributed by atoms with Crippen molar-refractivity contribution in [1.82, 2.24) is 30.5 Å². The predicted molar refractivity (Wildman–Crippen MR) is 124 cm³/mol. The average Bonchev–Trinajstić information content (AvgIpc) is 3.23. The number of carbonyl (C=O) groups is 2. The van der Waals surface area contributed by atoms with Crippen LogP contribution in [0.5, 0.6) is 5.75 Å². The Bertz CT molecular complexity index is 1080. The molecule has 1 saturated heterocycles. The first-order valence-corrected chi connectivity index (χ1v) is 11.3. The number of piperidine rings is 1. The minimum absolute atomic E-state index is 0.139. The second-order valence-electron chi connectivity index (χ2n) is 8.12. The molecular formula is C24H30N6O3. The molecule has 1 atom stereocenters. The number of hydrazine groups is 1. The van der Waals surface area contributed by atoms with Crippen molar-refractivity contribution in [2.24, 2.45) is 0 Å². The van der Waals surface area contributed by atoms with Gasteiger partial charge in [0, 0.05) is 31.0 Å². The molecule has 3 heterocycles. The van der Waals surface area contributed by atoms with Gasteiger partial charge in [-0.2, -0.15) is 0 Å². The summed E-state index contributed by atoms with van der Waals surface area (Å²) in [6.45, 7) is 3.79. The third-order valence-corrected chi connectivity index (χ3v) is 5.47. The Balaban J connectivity index is 1.36. The van der Waals surface area contributed by atoms with Crippen LogP contribution in [0.3, 0.4) is 0 Å². The number of imidazole rings is 1. The summed E-state index contributed by atoms with van der Waals surface area (Å²) < 4.78 is 8.06. The van der Waals surface area contributed by atoms with Gasteiger partial charge in [0.15, 0.2) is 17.6 Å². The van der Waals surface area contributed by atoms with E-state index in [4.69, 9.17) is 4.74 Å². The second kappa shape index (κ2) is 10.9. The highest BCUT2D eigenvalue weighted by Crippen LogP contribution is 2.24. The lowest BCUT2D eigenvalue weighted by Gasteiger charge is -2.26. The van der Waals surface area contributed by atoms with Gasteiger partial charge in [-0.3, -0.25) is 9.59 Å². The van der Waals surface area contributed by atoms with Crippen molar-refractivity contribution in [2.75, 3.05) is 26.2 Å². The molecule has 0 bridgehead atoms. The Kier molecular flexibility index (Phi) is 7.54. The van der Waals surface area contributed by atoms with Crippen LogP contribution < -0.4 is 20.8 Å². The molecule has 0 aliphatic carbocycles. The molecule has 1 aliphatic rings. The Labute approximate surface area is 193 Å². The number of rotatable bonds is 9. The molecule has 2 aromatic heterocycles. The summed E-state index contributed by atoms with van der Waals surface area (Å²) in [5.41, 5.74) is 5.44. The summed E-state index contributed by atoms with van der Waals surface area (Å²) in [4.78, 5) is 29.3. The summed E-state index contributed by atoms with van der Waals surface area (Å²) in [6.07, 6.45) is 6.56. The first kappa shape index (κ1) is 22.8. The van der Waals surface area contributed by atoms with E-state index in [0.717, 1.165) is 37.2 Å². The fourth-order valence-electron chi connectivity index (χ4n) is 3.81. The minimum atomic E-state index is -0.731. The third-order valence-electron chi connectivity index (χ3n) is 5.47. The summed E-state index contributed by atoms with van der Waals surface area (Å²) in [5, 5.41) is 7.59. The van der Waals surface area contributed by atoms with E-state index in [1.165, 1.54) is 6.42 Å². The molecule has 1 unspecified atom stereocenters. The van der Waals surface area contributed by atoms with Gasteiger partial charge < -0.3 is 19.8 Å². The predicted octanol–water partition coefficient (Wildman–Crippen LogP) is 1.94. The highest BCUT2D eigenvalue weighted by Gasteiger charge is 2.19. The van der Waals surface area contributed by atoms with Crippen molar-refractivity contribution >= 4 is 17.5 Å². The molecule has 9 heteroatoms. The highest BCUT2D eigenvalue weighted by atomic mass is 16.5. The van der Waals surface area contributed by atoms with Crippen molar-refractivity contribution in [2.45, 2.75) is 32.4 Å². The first-order valence-electron chi connectivity index (χ1n) is 11.3. The van der Waals surface area contributed by atoms with Gasteiger partial charge in [0.1, 0.15) is 0 Å². The summed E-state index contributed by atoms with van der Waals surface area (Å²) >= 11 is 0. The normalized spacial score (nSPS) is 15.2. The molecule has 2 amide bonds. The maximum absolute atomic E-state index is 12.6. The fourth-order valence-corrected chi connectivity index (χ4v) is 3.81. The van der Waals surface area contributed by atoms with E-state index in [-0.39, 0.29) is 24.9 Å². The van der Waals surface area contributed by atoms with E-state index in [2.05, 4.69) is 26.1 Å². The van der Waals surface area contributed by atoms with Crippen LogP contribution in [0.25, 0.3) is 5.65 Å². The van der Waals surface area contributed by atoms with Crippen molar-refractivity contribution in [3.63, 3.8) is 0 Å². The lowest BCUT2D eigenvalue weighted by Crippen LogP contribution is -2.48. The SMILES string of the molecule is Cc1cn2cccc(OC(NC(=O)CNC(=O)CNN3CCCCC3)c3ccccc3)c2n1. The number of benzene rings is 1. The van der Waals surface area contributed by atoms with E-state index in [1.807, 2.05) is 66.2 Å². The molecule has 1 aromatic carbocycles. The van der Waals surface area contributed by atoms with E-state index < -0.39 is 6.23 Å². The van der Waals surface area contributed by atoms with Crippen molar-refractivity contribution in [1.29, 1.82) is 0 Å². The molecular weight excluding hydrogens is 420 g/mol. The summed E-state index contributed by atoms with van der Waals surface area (Å²) in [6, 6.07) is 13.1. The van der Waals surface area contributed by atoms with Crippen LogP contribution >= 0.6 is 0 Å². The van der Waals surface area contributed by atoms with E-state index in [1.54, 1.807) is 0 Å². The number of nitrogens with one attached hydrogen (secondary N) is 3. The number of aryl methyl sites for hydroxylation is 1. The molecule has 33 heavy (non-hydrogen) atoms. The van der Waals surface area contributed by atoms with Crippen LogP contribution in [-0.2, 0) is 9.59 Å². The summed E-state index contributed by atoms with van der Waals surface area (Å²) in [5.74, 6) is -0.0262. The molecule has 0 spiro atoms. The van der Waals surface area contributed by atoms with Gasteiger partial charge in [-0.05, 0) is 31.9 Å². The van der Waals surface area contributed by atoms with Gasteiger partial charge in [-0.15, -0.1) is 0 Å². The molecule has 9 nitrogen and oxygen atoms in total. The van der Waals surface area contributed by atoms with Crippen LogP contribution in [0.4, 0.5) is 0 Å². The number of pyridine rings is 1.